The molecule has 0 saturated heterocycles. The molecule has 0 saturated carbocycles. The van der Waals surface area contributed by atoms with Crippen molar-refractivity contribution in [1.82, 2.24) is 15.1 Å². The smallest absolute Gasteiger partial charge is 0.244 e. The number of amides is 1. The standard InChI is InChI=1S/C23H25N3O2/c1-18-8-10-20(11-9-18)23-21(12-13-22(27)24-14-15-28-2)17-26(25-23)16-19-6-4-3-5-7-19/h3-13,17H,14-16H2,1-2H3,(H,24,27). The van der Waals surface area contributed by atoms with Crippen LogP contribution in [0.4, 0.5) is 0 Å². The molecule has 0 radical (unpaired) electrons. The molecule has 3 rings (SSSR count). The lowest BCUT2D eigenvalue weighted by atomic mass is 10.1. The Morgan fingerprint density at radius 2 is 1.89 bits per heavy atom. The summed E-state index contributed by atoms with van der Waals surface area (Å²) in [7, 11) is 1.61. The summed E-state index contributed by atoms with van der Waals surface area (Å²) in [5.41, 5.74) is 5.16. The highest BCUT2D eigenvalue weighted by Gasteiger charge is 2.10. The van der Waals surface area contributed by atoms with Crippen molar-refractivity contribution in [2.75, 3.05) is 20.3 Å². The summed E-state index contributed by atoms with van der Waals surface area (Å²) < 4.78 is 6.86. The van der Waals surface area contributed by atoms with Crippen LogP contribution in [-0.4, -0.2) is 35.9 Å². The summed E-state index contributed by atoms with van der Waals surface area (Å²) >= 11 is 0. The largest absolute Gasteiger partial charge is 0.383 e. The van der Waals surface area contributed by atoms with Gasteiger partial charge in [0.25, 0.3) is 0 Å². The Morgan fingerprint density at radius 3 is 2.61 bits per heavy atom. The van der Waals surface area contributed by atoms with Gasteiger partial charge in [-0.15, -0.1) is 0 Å². The highest BCUT2D eigenvalue weighted by atomic mass is 16.5. The normalized spacial score (nSPS) is 11.1. The van der Waals surface area contributed by atoms with E-state index in [9.17, 15) is 4.79 Å². The van der Waals surface area contributed by atoms with Gasteiger partial charge in [0.1, 0.15) is 0 Å². The Bertz CT molecular complexity index is 928. The van der Waals surface area contributed by atoms with Crippen LogP contribution in [0, 0.1) is 6.92 Å². The second-order valence-electron chi connectivity index (χ2n) is 6.60. The van der Waals surface area contributed by atoms with E-state index in [-0.39, 0.29) is 5.91 Å². The van der Waals surface area contributed by atoms with Crippen LogP contribution in [0.15, 0.2) is 66.9 Å². The fraction of sp³-hybridized carbons (Fsp3) is 0.217. The molecule has 0 bridgehead atoms. The lowest BCUT2D eigenvalue weighted by Gasteiger charge is -2.02. The molecule has 144 valence electrons. The maximum Gasteiger partial charge on any atom is 0.244 e. The summed E-state index contributed by atoms with van der Waals surface area (Å²) in [6.07, 6.45) is 5.32. The van der Waals surface area contributed by atoms with Crippen LogP contribution in [0.25, 0.3) is 17.3 Å². The minimum absolute atomic E-state index is 0.150. The van der Waals surface area contributed by atoms with E-state index in [0.29, 0.717) is 19.7 Å². The van der Waals surface area contributed by atoms with Crippen molar-refractivity contribution in [2.45, 2.75) is 13.5 Å². The summed E-state index contributed by atoms with van der Waals surface area (Å²) in [6, 6.07) is 18.4. The number of carbonyl (C=O) groups is 1. The van der Waals surface area contributed by atoms with E-state index in [1.807, 2.05) is 35.2 Å². The number of aromatic nitrogens is 2. The van der Waals surface area contributed by atoms with Gasteiger partial charge in [-0.1, -0.05) is 60.2 Å². The Morgan fingerprint density at radius 1 is 1.14 bits per heavy atom. The maximum atomic E-state index is 12.0. The minimum Gasteiger partial charge on any atom is -0.383 e. The number of nitrogens with zero attached hydrogens (tertiary/aromatic N) is 2. The highest BCUT2D eigenvalue weighted by molar-refractivity contribution is 5.92. The Hall–Kier alpha value is -3.18. The predicted molar refractivity (Wildman–Crippen MR) is 112 cm³/mol. The predicted octanol–water partition coefficient (Wildman–Crippen LogP) is 3.68. The molecule has 0 atom stereocenters. The van der Waals surface area contributed by atoms with Gasteiger partial charge in [-0.05, 0) is 18.6 Å². The quantitative estimate of drug-likeness (QED) is 0.483. The zero-order valence-electron chi connectivity index (χ0n) is 16.3. The zero-order valence-corrected chi connectivity index (χ0v) is 16.3. The van der Waals surface area contributed by atoms with E-state index in [4.69, 9.17) is 9.84 Å². The van der Waals surface area contributed by atoms with E-state index in [2.05, 4.69) is 48.6 Å². The molecule has 0 fully saturated rings. The molecule has 3 aromatic rings. The third-order valence-corrected chi connectivity index (χ3v) is 4.32. The SMILES string of the molecule is COCCNC(=O)C=Cc1cn(Cc2ccccc2)nc1-c1ccc(C)cc1. The average Bonchev–Trinajstić information content (AvgIpc) is 3.10. The summed E-state index contributed by atoms with van der Waals surface area (Å²) in [4.78, 5) is 12.0. The van der Waals surface area contributed by atoms with Gasteiger partial charge in [0.2, 0.25) is 5.91 Å². The third-order valence-electron chi connectivity index (χ3n) is 4.32. The molecule has 1 aromatic heterocycles. The molecule has 0 aliphatic carbocycles. The molecule has 0 aliphatic rings. The van der Waals surface area contributed by atoms with Gasteiger partial charge in [-0.2, -0.15) is 5.10 Å². The molecular weight excluding hydrogens is 350 g/mol. The first kappa shape index (κ1) is 19.6. The summed E-state index contributed by atoms with van der Waals surface area (Å²) in [5, 5.41) is 7.56. The van der Waals surface area contributed by atoms with Gasteiger partial charge in [0.15, 0.2) is 0 Å². The number of nitrogens with one attached hydrogen (secondary N) is 1. The first-order valence-electron chi connectivity index (χ1n) is 9.29. The van der Waals surface area contributed by atoms with Gasteiger partial charge in [-0.3, -0.25) is 9.48 Å². The number of methoxy groups -OCH3 is 1. The molecule has 28 heavy (non-hydrogen) atoms. The van der Waals surface area contributed by atoms with Crippen LogP contribution in [0.1, 0.15) is 16.7 Å². The van der Waals surface area contributed by atoms with Crippen molar-refractivity contribution in [3.8, 4) is 11.3 Å². The number of ether oxygens (including phenoxy) is 1. The van der Waals surface area contributed by atoms with Crippen LogP contribution in [0.3, 0.4) is 0 Å². The van der Waals surface area contributed by atoms with Crippen molar-refractivity contribution in [3.05, 3.63) is 83.6 Å². The van der Waals surface area contributed by atoms with E-state index >= 15 is 0 Å². The first-order chi connectivity index (χ1) is 13.7. The second kappa shape index (κ2) is 9.67. The maximum absolute atomic E-state index is 12.0. The molecule has 0 aliphatic heterocycles. The van der Waals surface area contributed by atoms with E-state index in [1.54, 1.807) is 7.11 Å². The number of rotatable bonds is 8. The van der Waals surface area contributed by atoms with Crippen LogP contribution in [-0.2, 0) is 16.1 Å². The van der Waals surface area contributed by atoms with E-state index in [1.165, 1.54) is 17.2 Å². The molecule has 5 nitrogen and oxygen atoms in total. The zero-order chi connectivity index (χ0) is 19.8. The van der Waals surface area contributed by atoms with Crippen LogP contribution < -0.4 is 5.32 Å². The lowest BCUT2D eigenvalue weighted by Crippen LogP contribution is -2.24. The number of carbonyl (C=O) groups excluding carboxylic acids is 1. The van der Waals surface area contributed by atoms with Crippen molar-refractivity contribution >= 4 is 12.0 Å². The van der Waals surface area contributed by atoms with E-state index < -0.39 is 0 Å². The molecule has 1 N–H and O–H groups in total. The number of benzene rings is 2. The fourth-order valence-corrected chi connectivity index (χ4v) is 2.85. The molecule has 5 heteroatoms. The number of hydrogen-bond acceptors (Lipinski definition) is 3. The van der Waals surface area contributed by atoms with Crippen LogP contribution in [0.2, 0.25) is 0 Å². The Kier molecular flexibility index (Phi) is 6.76. The molecule has 0 spiro atoms. The lowest BCUT2D eigenvalue weighted by molar-refractivity contribution is -0.116. The van der Waals surface area contributed by atoms with Crippen molar-refractivity contribution in [1.29, 1.82) is 0 Å². The molecule has 1 heterocycles. The van der Waals surface area contributed by atoms with Gasteiger partial charge in [-0.25, -0.2) is 0 Å². The summed E-state index contributed by atoms with van der Waals surface area (Å²) in [6.45, 7) is 3.71. The van der Waals surface area contributed by atoms with Crippen molar-refractivity contribution < 1.29 is 9.53 Å². The number of hydrogen-bond donors (Lipinski definition) is 1. The fourth-order valence-electron chi connectivity index (χ4n) is 2.85. The van der Waals surface area contributed by atoms with Gasteiger partial charge in [0, 0.05) is 37.1 Å². The highest BCUT2D eigenvalue weighted by Crippen LogP contribution is 2.24. The Balaban J connectivity index is 1.85. The third kappa shape index (κ3) is 5.41. The Labute approximate surface area is 165 Å². The molecule has 2 aromatic carbocycles. The molecule has 0 unspecified atom stereocenters. The summed E-state index contributed by atoms with van der Waals surface area (Å²) in [5.74, 6) is -0.150. The molecule has 1 amide bonds. The monoisotopic (exact) mass is 375 g/mol. The average molecular weight is 375 g/mol. The van der Waals surface area contributed by atoms with E-state index in [0.717, 1.165) is 16.8 Å². The van der Waals surface area contributed by atoms with Crippen molar-refractivity contribution in [2.24, 2.45) is 0 Å². The van der Waals surface area contributed by atoms with Gasteiger partial charge < -0.3 is 10.1 Å². The van der Waals surface area contributed by atoms with Crippen LogP contribution >= 0.6 is 0 Å². The number of aryl methyl sites for hydroxylation is 1. The van der Waals surface area contributed by atoms with Crippen molar-refractivity contribution in [3.63, 3.8) is 0 Å². The minimum atomic E-state index is -0.150. The molecular formula is C23H25N3O2. The first-order valence-corrected chi connectivity index (χ1v) is 9.29. The van der Waals surface area contributed by atoms with Crippen LogP contribution in [0.5, 0.6) is 0 Å². The second-order valence-corrected chi connectivity index (χ2v) is 6.60. The topological polar surface area (TPSA) is 56.1 Å². The van der Waals surface area contributed by atoms with Gasteiger partial charge >= 0.3 is 0 Å². The van der Waals surface area contributed by atoms with Gasteiger partial charge in [0.05, 0.1) is 18.8 Å².